The fourth-order valence-corrected chi connectivity index (χ4v) is 3.83. The summed E-state index contributed by atoms with van der Waals surface area (Å²) in [6.45, 7) is 4.54. The van der Waals surface area contributed by atoms with Crippen molar-refractivity contribution in [3.63, 3.8) is 0 Å². The molecule has 9 heteroatoms. The van der Waals surface area contributed by atoms with E-state index in [1.54, 1.807) is 26.0 Å². The molecule has 1 aliphatic rings. The van der Waals surface area contributed by atoms with Crippen molar-refractivity contribution in [2.45, 2.75) is 44.7 Å². The van der Waals surface area contributed by atoms with Crippen molar-refractivity contribution in [3.8, 4) is 0 Å². The third-order valence-electron chi connectivity index (χ3n) is 4.53. The molecule has 0 radical (unpaired) electrons. The van der Waals surface area contributed by atoms with Crippen molar-refractivity contribution in [1.82, 2.24) is 20.4 Å². The van der Waals surface area contributed by atoms with Gasteiger partial charge < -0.3 is 15.5 Å². The first-order chi connectivity index (χ1) is 12.1. The fourth-order valence-electron chi connectivity index (χ4n) is 3.05. The number of aliphatic imine (C=N–C) groups is 1. The largest absolute Gasteiger partial charge is 0.356 e. The Morgan fingerprint density at radius 1 is 1.38 bits per heavy atom. The lowest BCUT2D eigenvalue weighted by molar-refractivity contribution is -0.133. The first kappa shape index (κ1) is 22.7. The third kappa shape index (κ3) is 8.35. The molecule has 2 atom stereocenters. The van der Waals surface area contributed by atoms with Crippen LogP contribution in [0.3, 0.4) is 0 Å². The Bertz CT molecular complexity index is 577. The van der Waals surface area contributed by atoms with Gasteiger partial charge in [0.2, 0.25) is 5.91 Å². The predicted molar refractivity (Wildman–Crippen MR) is 106 cm³/mol. The number of hydrogen-bond acceptors (Lipinski definition) is 5. The topological polar surface area (TPSA) is 94.1 Å². The summed E-state index contributed by atoms with van der Waals surface area (Å²) in [7, 11) is 2.36. The molecule has 1 fully saturated rings. The molecular formula is C17H35N5O3S. The predicted octanol–water partition coefficient (Wildman–Crippen LogP) is -0.0827. The molecule has 1 amide bonds. The van der Waals surface area contributed by atoms with E-state index in [0.717, 1.165) is 38.9 Å². The van der Waals surface area contributed by atoms with Gasteiger partial charge in [0, 0.05) is 46.5 Å². The van der Waals surface area contributed by atoms with Crippen LogP contribution in [0.1, 0.15) is 32.6 Å². The summed E-state index contributed by atoms with van der Waals surface area (Å²) in [5.41, 5.74) is 0. The van der Waals surface area contributed by atoms with E-state index in [1.807, 2.05) is 6.92 Å². The molecule has 26 heavy (non-hydrogen) atoms. The molecular weight excluding hydrogens is 354 g/mol. The molecule has 1 saturated heterocycles. The molecule has 2 N–H and O–H groups in total. The molecule has 0 bridgehead atoms. The molecule has 0 aromatic heterocycles. The number of nitrogens with one attached hydrogen (secondary N) is 2. The molecule has 2 unspecified atom stereocenters. The van der Waals surface area contributed by atoms with Crippen molar-refractivity contribution >= 4 is 21.7 Å². The number of hydrogen-bond donors (Lipinski definition) is 2. The van der Waals surface area contributed by atoms with E-state index in [2.05, 4.69) is 20.5 Å². The number of carbonyl (C=O) groups excluding carboxylic acids is 1. The fraction of sp³-hybridized carbons (Fsp3) is 0.882. The Balaban J connectivity index is 2.31. The second-order valence-electron chi connectivity index (χ2n) is 7.24. The second-order valence-corrected chi connectivity index (χ2v) is 9.50. The van der Waals surface area contributed by atoms with E-state index in [4.69, 9.17) is 0 Å². The molecule has 1 rings (SSSR count). The van der Waals surface area contributed by atoms with Crippen LogP contribution in [-0.4, -0.2) is 95.0 Å². The molecule has 0 spiro atoms. The Morgan fingerprint density at radius 3 is 2.65 bits per heavy atom. The summed E-state index contributed by atoms with van der Waals surface area (Å²) < 4.78 is 22.5. The van der Waals surface area contributed by atoms with E-state index in [-0.39, 0.29) is 23.7 Å². The minimum Gasteiger partial charge on any atom is -0.356 e. The zero-order valence-corrected chi connectivity index (χ0v) is 17.6. The van der Waals surface area contributed by atoms with Crippen LogP contribution in [0.15, 0.2) is 4.99 Å². The highest BCUT2D eigenvalue weighted by atomic mass is 32.2. The standard InChI is InChI=1S/C17H35N5O3S/c1-14(9-13-26(5,24)25)20-17(18-2)19-10-7-12-22-11-6-8-15(22)16(23)21(3)4/h14-15H,6-13H2,1-5H3,(H2,18,19,20). The highest BCUT2D eigenvalue weighted by Crippen LogP contribution is 2.18. The van der Waals surface area contributed by atoms with Gasteiger partial charge in [0.15, 0.2) is 5.96 Å². The van der Waals surface area contributed by atoms with Crippen molar-refractivity contribution in [2.24, 2.45) is 4.99 Å². The van der Waals surface area contributed by atoms with Crippen LogP contribution in [0.25, 0.3) is 0 Å². The SMILES string of the molecule is CN=C(NCCCN1CCCC1C(=O)N(C)C)NC(C)CCS(C)(=O)=O. The van der Waals surface area contributed by atoms with Gasteiger partial charge >= 0.3 is 0 Å². The first-order valence-corrected chi connectivity index (χ1v) is 11.3. The lowest BCUT2D eigenvalue weighted by atomic mass is 10.2. The second kappa shape index (κ2) is 10.7. The normalized spacial score (nSPS) is 20.0. The van der Waals surface area contributed by atoms with Gasteiger partial charge in [-0.15, -0.1) is 0 Å². The summed E-state index contributed by atoms with van der Waals surface area (Å²) in [5.74, 6) is 1.02. The summed E-state index contributed by atoms with van der Waals surface area (Å²) in [4.78, 5) is 20.3. The number of rotatable bonds is 9. The summed E-state index contributed by atoms with van der Waals surface area (Å²) in [6, 6.07) is 0.0371. The van der Waals surface area contributed by atoms with Crippen molar-refractivity contribution in [1.29, 1.82) is 0 Å². The number of amides is 1. The van der Waals surface area contributed by atoms with E-state index < -0.39 is 9.84 Å². The molecule has 1 heterocycles. The molecule has 0 saturated carbocycles. The zero-order valence-electron chi connectivity index (χ0n) is 16.8. The van der Waals surface area contributed by atoms with E-state index >= 15 is 0 Å². The Labute approximate surface area is 158 Å². The van der Waals surface area contributed by atoms with Gasteiger partial charge in [-0.05, 0) is 39.2 Å². The summed E-state index contributed by atoms with van der Waals surface area (Å²) in [5, 5.41) is 6.47. The molecule has 0 aromatic rings. The lowest BCUT2D eigenvalue weighted by Crippen LogP contribution is -2.45. The smallest absolute Gasteiger partial charge is 0.239 e. The highest BCUT2D eigenvalue weighted by molar-refractivity contribution is 7.90. The van der Waals surface area contributed by atoms with Gasteiger partial charge in [-0.1, -0.05) is 0 Å². The van der Waals surface area contributed by atoms with Crippen molar-refractivity contribution in [3.05, 3.63) is 0 Å². The minimum absolute atomic E-state index is 0.0125. The van der Waals surface area contributed by atoms with Gasteiger partial charge in [0.25, 0.3) is 0 Å². The number of likely N-dealkylation sites (N-methyl/N-ethyl adjacent to an activating group) is 1. The quantitative estimate of drug-likeness (QED) is 0.325. The van der Waals surface area contributed by atoms with Crippen LogP contribution < -0.4 is 10.6 Å². The molecule has 0 aromatic carbocycles. The average molecular weight is 390 g/mol. The lowest BCUT2D eigenvalue weighted by Gasteiger charge is -2.26. The maximum Gasteiger partial charge on any atom is 0.239 e. The maximum atomic E-state index is 12.2. The van der Waals surface area contributed by atoms with Crippen LogP contribution in [-0.2, 0) is 14.6 Å². The number of likely N-dealkylation sites (tertiary alicyclic amines) is 1. The first-order valence-electron chi connectivity index (χ1n) is 9.24. The van der Waals surface area contributed by atoms with E-state index in [9.17, 15) is 13.2 Å². The minimum atomic E-state index is -2.95. The molecule has 8 nitrogen and oxygen atoms in total. The summed E-state index contributed by atoms with van der Waals surface area (Å²) in [6.07, 6.45) is 4.71. The highest BCUT2D eigenvalue weighted by Gasteiger charge is 2.30. The summed E-state index contributed by atoms with van der Waals surface area (Å²) >= 11 is 0. The average Bonchev–Trinajstić information content (AvgIpc) is 3.02. The van der Waals surface area contributed by atoms with Crippen molar-refractivity contribution in [2.75, 3.05) is 52.8 Å². The third-order valence-corrected chi connectivity index (χ3v) is 5.51. The zero-order chi connectivity index (χ0) is 19.7. The van der Waals surface area contributed by atoms with Gasteiger partial charge in [0.05, 0.1) is 11.8 Å². The molecule has 0 aliphatic carbocycles. The molecule has 1 aliphatic heterocycles. The van der Waals surface area contributed by atoms with Crippen molar-refractivity contribution < 1.29 is 13.2 Å². The van der Waals surface area contributed by atoms with E-state index in [1.165, 1.54) is 6.26 Å². The van der Waals surface area contributed by atoms with Gasteiger partial charge in [-0.25, -0.2) is 8.42 Å². The number of guanidine groups is 1. The number of carbonyl (C=O) groups is 1. The van der Waals surface area contributed by atoms with Gasteiger partial charge in [0.1, 0.15) is 9.84 Å². The Kier molecular flexibility index (Phi) is 9.35. The number of nitrogens with zero attached hydrogens (tertiary/aromatic N) is 3. The Morgan fingerprint density at radius 2 is 2.08 bits per heavy atom. The van der Waals surface area contributed by atoms with Crippen LogP contribution in [0.2, 0.25) is 0 Å². The number of sulfone groups is 1. The van der Waals surface area contributed by atoms with Gasteiger partial charge in [-0.3, -0.25) is 14.7 Å². The van der Waals surface area contributed by atoms with E-state index in [0.29, 0.717) is 12.4 Å². The maximum absolute atomic E-state index is 12.2. The monoisotopic (exact) mass is 389 g/mol. The van der Waals surface area contributed by atoms with Crippen LogP contribution in [0.5, 0.6) is 0 Å². The van der Waals surface area contributed by atoms with Crippen LogP contribution >= 0.6 is 0 Å². The van der Waals surface area contributed by atoms with Crippen LogP contribution in [0.4, 0.5) is 0 Å². The van der Waals surface area contributed by atoms with Gasteiger partial charge in [-0.2, -0.15) is 0 Å². The molecule has 152 valence electrons. The van der Waals surface area contributed by atoms with Crippen LogP contribution in [0, 0.1) is 0 Å². The Hall–Kier alpha value is -1.35.